The molecule has 0 saturated heterocycles. The maximum absolute atomic E-state index is 9.22. The van der Waals surface area contributed by atoms with Crippen LogP contribution in [0.3, 0.4) is 0 Å². The molecule has 1 aliphatic rings. The fourth-order valence-electron chi connectivity index (χ4n) is 2.94. The summed E-state index contributed by atoms with van der Waals surface area (Å²) < 4.78 is 1.89. The van der Waals surface area contributed by atoms with Crippen LogP contribution in [0.2, 0.25) is 0 Å². The summed E-state index contributed by atoms with van der Waals surface area (Å²) in [6.45, 7) is 0.794. The molecule has 0 spiro atoms. The number of aliphatic imine (C=N–C) groups is 1. The van der Waals surface area contributed by atoms with Crippen molar-refractivity contribution in [2.24, 2.45) is 4.99 Å². The monoisotopic (exact) mass is 345 g/mol. The summed E-state index contributed by atoms with van der Waals surface area (Å²) in [6, 6.07) is 18.0. The van der Waals surface area contributed by atoms with Gasteiger partial charge in [0.1, 0.15) is 0 Å². The van der Waals surface area contributed by atoms with Crippen molar-refractivity contribution in [1.82, 2.24) is 9.55 Å². The lowest BCUT2D eigenvalue weighted by molar-refractivity contribution is 1.13. The zero-order valence-electron chi connectivity index (χ0n) is 13.4. The van der Waals surface area contributed by atoms with Gasteiger partial charge in [0.2, 0.25) is 5.95 Å². The molecule has 0 bridgehead atoms. The molecular formula is C19H15N5S. The Balaban J connectivity index is 1.90. The van der Waals surface area contributed by atoms with Crippen LogP contribution in [0.4, 0.5) is 5.95 Å². The quantitative estimate of drug-likeness (QED) is 0.721. The number of fused-ring (bicyclic) bond motifs is 1. The number of hydrogen-bond acceptors (Lipinski definition) is 5. The predicted molar refractivity (Wildman–Crippen MR) is 103 cm³/mol. The van der Waals surface area contributed by atoms with Gasteiger partial charge in [-0.15, -0.1) is 0 Å². The average Bonchev–Trinajstić information content (AvgIpc) is 3.26. The zero-order chi connectivity index (χ0) is 17.2. The lowest BCUT2D eigenvalue weighted by Crippen LogP contribution is -2.09. The van der Waals surface area contributed by atoms with E-state index in [2.05, 4.69) is 16.0 Å². The Labute approximate surface area is 149 Å². The lowest BCUT2D eigenvalue weighted by atomic mass is 9.97. The van der Waals surface area contributed by atoms with E-state index in [1.54, 1.807) is 17.8 Å². The number of nitriles is 1. The van der Waals surface area contributed by atoms with Gasteiger partial charge in [-0.1, -0.05) is 48.2 Å². The first-order valence-corrected chi connectivity index (χ1v) is 8.87. The van der Waals surface area contributed by atoms with E-state index in [0.717, 1.165) is 45.2 Å². The highest BCUT2D eigenvalue weighted by Gasteiger charge is 2.18. The van der Waals surface area contributed by atoms with Crippen molar-refractivity contribution in [3.05, 3.63) is 65.7 Å². The van der Waals surface area contributed by atoms with Crippen LogP contribution >= 0.6 is 11.8 Å². The SMILES string of the molecule is N#CC=C(c1ccccc1)c1ccc2nc(N)n(C3=NCCS3)c2c1. The molecule has 2 heterocycles. The van der Waals surface area contributed by atoms with E-state index in [-0.39, 0.29) is 0 Å². The largest absolute Gasteiger partial charge is 0.369 e. The van der Waals surface area contributed by atoms with Crippen LogP contribution in [0.15, 0.2) is 59.6 Å². The second-order valence-corrected chi connectivity index (χ2v) is 6.64. The van der Waals surface area contributed by atoms with Gasteiger partial charge in [-0.25, -0.2) is 4.98 Å². The van der Waals surface area contributed by atoms with Crippen molar-refractivity contribution in [1.29, 1.82) is 5.26 Å². The minimum absolute atomic E-state index is 0.436. The average molecular weight is 345 g/mol. The van der Waals surface area contributed by atoms with Gasteiger partial charge in [0.15, 0.2) is 5.17 Å². The number of nitrogens with two attached hydrogens (primary N) is 1. The molecule has 0 atom stereocenters. The van der Waals surface area contributed by atoms with Crippen molar-refractivity contribution in [3.63, 3.8) is 0 Å². The van der Waals surface area contributed by atoms with Crippen LogP contribution in [0.1, 0.15) is 11.1 Å². The molecule has 1 aliphatic heterocycles. The van der Waals surface area contributed by atoms with Crippen LogP contribution in [0.5, 0.6) is 0 Å². The second-order valence-electron chi connectivity index (χ2n) is 5.57. The highest BCUT2D eigenvalue weighted by atomic mass is 32.2. The van der Waals surface area contributed by atoms with E-state index in [9.17, 15) is 5.26 Å². The van der Waals surface area contributed by atoms with E-state index >= 15 is 0 Å². The minimum atomic E-state index is 0.436. The fraction of sp³-hybridized carbons (Fsp3) is 0.105. The summed E-state index contributed by atoms with van der Waals surface area (Å²) >= 11 is 1.68. The number of thioether (sulfide) groups is 1. The summed E-state index contributed by atoms with van der Waals surface area (Å²) in [4.78, 5) is 8.95. The van der Waals surface area contributed by atoms with E-state index in [1.165, 1.54) is 0 Å². The standard InChI is InChI=1S/C19H15N5S/c20-9-8-15(13-4-2-1-3-5-13)14-6-7-16-17(12-14)24(18(21)23-16)19-22-10-11-25-19/h1-8,12H,10-11H2,(H2,21,23). The Hall–Kier alpha value is -3.04. The number of nitrogen functional groups attached to an aromatic ring is 1. The van der Waals surface area contributed by atoms with Crippen LogP contribution in [-0.4, -0.2) is 27.0 Å². The molecule has 0 radical (unpaired) electrons. The summed E-state index contributed by atoms with van der Waals surface area (Å²) in [6.07, 6.45) is 1.57. The molecule has 122 valence electrons. The lowest BCUT2D eigenvalue weighted by Gasteiger charge is -2.09. The first-order chi connectivity index (χ1) is 12.3. The smallest absolute Gasteiger partial charge is 0.207 e. The number of anilines is 1. The molecule has 2 aromatic carbocycles. The van der Waals surface area contributed by atoms with Crippen LogP contribution < -0.4 is 5.73 Å². The minimum Gasteiger partial charge on any atom is -0.369 e. The molecule has 0 aliphatic carbocycles. The number of benzene rings is 2. The third kappa shape index (κ3) is 2.79. The number of nitrogens with zero attached hydrogens (tertiary/aromatic N) is 4. The van der Waals surface area contributed by atoms with Crippen molar-refractivity contribution in [2.45, 2.75) is 0 Å². The molecule has 1 aromatic heterocycles. The molecule has 25 heavy (non-hydrogen) atoms. The van der Waals surface area contributed by atoms with E-state index in [0.29, 0.717) is 5.95 Å². The zero-order valence-corrected chi connectivity index (χ0v) is 14.2. The number of imidazole rings is 1. The van der Waals surface area contributed by atoms with Crippen molar-refractivity contribution >= 4 is 39.5 Å². The second kappa shape index (κ2) is 6.46. The van der Waals surface area contributed by atoms with Gasteiger partial charge in [-0.2, -0.15) is 5.26 Å². The topological polar surface area (TPSA) is 80.0 Å². The predicted octanol–water partition coefficient (Wildman–Crippen LogP) is 3.52. The van der Waals surface area contributed by atoms with Gasteiger partial charge in [0.05, 0.1) is 23.6 Å². The molecule has 2 N–H and O–H groups in total. The number of hydrogen-bond donors (Lipinski definition) is 1. The van der Waals surface area contributed by atoms with E-state index in [4.69, 9.17) is 5.73 Å². The van der Waals surface area contributed by atoms with Gasteiger partial charge in [0.25, 0.3) is 0 Å². The fourth-order valence-corrected chi connectivity index (χ4v) is 3.81. The number of rotatable bonds is 2. The molecule has 3 aromatic rings. The highest BCUT2D eigenvalue weighted by molar-refractivity contribution is 8.14. The summed E-state index contributed by atoms with van der Waals surface area (Å²) in [5.74, 6) is 1.39. The highest BCUT2D eigenvalue weighted by Crippen LogP contribution is 2.29. The summed E-state index contributed by atoms with van der Waals surface area (Å²) in [5, 5.41) is 10.1. The third-order valence-electron chi connectivity index (χ3n) is 4.05. The number of aromatic nitrogens is 2. The Morgan fingerprint density at radius 2 is 2.04 bits per heavy atom. The molecule has 0 amide bonds. The van der Waals surface area contributed by atoms with Gasteiger partial charge in [0, 0.05) is 11.8 Å². The summed E-state index contributed by atoms with van der Waals surface area (Å²) in [7, 11) is 0. The first kappa shape index (κ1) is 15.5. The molecule has 4 rings (SSSR count). The van der Waals surface area contributed by atoms with E-state index in [1.807, 2.05) is 53.1 Å². The molecule has 0 unspecified atom stereocenters. The maximum Gasteiger partial charge on any atom is 0.207 e. The van der Waals surface area contributed by atoms with E-state index < -0.39 is 0 Å². The van der Waals surface area contributed by atoms with Crippen LogP contribution in [0, 0.1) is 11.3 Å². The van der Waals surface area contributed by atoms with Gasteiger partial charge in [-0.3, -0.25) is 9.56 Å². The van der Waals surface area contributed by atoms with Gasteiger partial charge in [-0.05, 0) is 28.8 Å². The Morgan fingerprint density at radius 3 is 2.76 bits per heavy atom. The van der Waals surface area contributed by atoms with Crippen molar-refractivity contribution < 1.29 is 0 Å². The molecule has 6 heteroatoms. The van der Waals surface area contributed by atoms with Gasteiger partial charge >= 0.3 is 0 Å². The van der Waals surface area contributed by atoms with Crippen LogP contribution in [-0.2, 0) is 0 Å². The normalized spacial score (nSPS) is 14.5. The van der Waals surface area contributed by atoms with Crippen molar-refractivity contribution in [2.75, 3.05) is 18.0 Å². The molecule has 0 fully saturated rings. The third-order valence-corrected chi connectivity index (χ3v) is 5.00. The first-order valence-electron chi connectivity index (χ1n) is 7.89. The van der Waals surface area contributed by atoms with Crippen molar-refractivity contribution in [3.8, 4) is 6.07 Å². The Bertz CT molecular complexity index is 1040. The van der Waals surface area contributed by atoms with Crippen LogP contribution in [0.25, 0.3) is 16.6 Å². The Kier molecular flexibility index (Phi) is 4.00. The molecule has 0 saturated carbocycles. The Morgan fingerprint density at radius 1 is 1.20 bits per heavy atom. The molecule has 5 nitrogen and oxygen atoms in total. The summed E-state index contributed by atoms with van der Waals surface area (Å²) in [5.41, 5.74) is 10.7. The molecular weight excluding hydrogens is 330 g/mol. The van der Waals surface area contributed by atoms with Gasteiger partial charge < -0.3 is 5.73 Å². The maximum atomic E-state index is 9.22. The number of allylic oxidation sites excluding steroid dienone is 1.